The third-order valence-corrected chi connectivity index (χ3v) is 3.22. The fourth-order valence-electron chi connectivity index (χ4n) is 2.09. The number of para-hydroxylation sites is 1. The van der Waals surface area contributed by atoms with Crippen molar-refractivity contribution in [2.24, 2.45) is 0 Å². The smallest absolute Gasteiger partial charge is 0.226 e. The Morgan fingerprint density at radius 1 is 1.00 bits per heavy atom. The summed E-state index contributed by atoms with van der Waals surface area (Å²) in [6, 6.07) is 19.6. The summed E-state index contributed by atoms with van der Waals surface area (Å²) < 4.78 is 11.3. The number of aryl methyl sites for hydroxylation is 1. The van der Waals surface area contributed by atoms with Gasteiger partial charge in [0.1, 0.15) is 23.8 Å². The van der Waals surface area contributed by atoms with Crippen LogP contribution in [0.25, 0.3) is 17.5 Å². The molecule has 110 valence electrons. The van der Waals surface area contributed by atoms with Gasteiger partial charge < -0.3 is 9.15 Å². The van der Waals surface area contributed by atoms with E-state index in [9.17, 15) is 0 Å². The molecule has 0 unspecified atom stereocenters. The van der Waals surface area contributed by atoms with Gasteiger partial charge in [-0.1, -0.05) is 36.4 Å². The monoisotopic (exact) mass is 291 g/mol. The first kappa shape index (κ1) is 14.1. The fraction of sp³-hybridized carbons (Fsp3) is 0.105. The normalized spacial score (nSPS) is 11.0. The Kier molecular flexibility index (Phi) is 4.35. The van der Waals surface area contributed by atoms with E-state index in [1.807, 2.05) is 79.7 Å². The lowest BCUT2D eigenvalue weighted by atomic mass is 10.2. The molecule has 0 bridgehead atoms. The topological polar surface area (TPSA) is 35.3 Å². The zero-order valence-electron chi connectivity index (χ0n) is 12.4. The molecule has 0 N–H and O–H groups in total. The van der Waals surface area contributed by atoms with Crippen LogP contribution in [0, 0.1) is 6.92 Å². The average molecular weight is 291 g/mol. The molecular formula is C19H17NO2. The van der Waals surface area contributed by atoms with Gasteiger partial charge in [0.15, 0.2) is 0 Å². The Morgan fingerprint density at radius 2 is 1.68 bits per heavy atom. The minimum atomic E-state index is 0.497. The van der Waals surface area contributed by atoms with Crippen LogP contribution in [0.5, 0.6) is 5.75 Å². The maximum absolute atomic E-state index is 5.71. The van der Waals surface area contributed by atoms with E-state index in [-0.39, 0.29) is 0 Å². The number of hydrogen-bond acceptors (Lipinski definition) is 3. The van der Waals surface area contributed by atoms with E-state index in [0.29, 0.717) is 12.5 Å². The SMILES string of the molecule is Cc1oc(-c2ccccc2)nc1/C=C/COc1ccccc1. The van der Waals surface area contributed by atoms with Crippen molar-refractivity contribution in [3.63, 3.8) is 0 Å². The van der Waals surface area contributed by atoms with E-state index in [1.165, 1.54) is 0 Å². The largest absolute Gasteiger partial charge is 0.490 e. The quantitative estimate of drug-likeness (QED) is 0.681. The van der Waals surface area contributed by atoms with Crippen molar-refractivity contribution in [1.82, 2.24) is 4.98 Å². The van der Waals surface area contributed by atoms with Crippen LogP contribution < -0.4 is 4.74 Å². The molecule has 0 amide bonds. The molecule has 3 nitrogen and oxygen atoms in total. The summed E-state index contributed by atoms with van der Waals surface area (Å²) in [5.41, 5.74) is 1.81. The average Bonchev–Trinajstić information content (AvgIpc) is 2.94. The highest BCUT2D eigenvalue weighted by atomic mass is 16.5. The minimum Gasteiger partial charge on any atom is -0.490 e. The molecule has 1 aromatic heterocycles. The van der Waals surface area contributed by atoms with E-state index in [2.05, 4.69) is 4.98 Å². The van der Waals surface area contributed by atoms with Crippen molar-refractivity contribution < 1.29 is 9.15 Å². The van der Waals surface area contributed by atoms with Crippen LogP contribution in [0.1, 0.15) is 11.5 Å². The summed E-state index contributed by atoms with van der Waals surface area (Å²) in [5, 5.41) is 0. The van der Waals surface area contributed by atoms with Crippen molar-refractivity contribution in [2.75, 3.05) is 6.61 Å². The fourth-order valence-corrected chi connectivity index (χ4v) is 2.09. The predicted octanol–water partition coefficient (Wildman–Crippen LogP) is 4.74. The number of nitrogens with zero attached hydrogens (tertiary/aromatic N) is 1. The summed E-state index contributed by atoms with van der Waals surface area (Å²) >= 11 is 0. The molecule has 0 aliphatic carbocycles. The van der Waals surface area contributed by atoms with Crippen LogP contribution in [0.15, 0.2) is 71.2 Å². The van der Waals surface area contributed by atoms with Gasteiger partial charge in [0.05, 0.1) is 0 Å². The highest BCUT2D eigenvalue weighted by Gasteiger charge is 2.08. The van der Waals surface area contributed by atoms with E-state index in [4.69, 9.17) is 9.15 Å². The van der Waals surface area contributed by atoms with Crippen molar-refractivity contribution in [3.8, 4) is 17.2 Å². The third-order valence-electron chi connectivity index (χ3n) is 3.22. The molecule has 22 heavy (non-hydrogen) atoms. The van der Waals surface area contributed by atoms with Crippen LogP contribution in [0.3, 0.4) is 0 Å². The number of benzene rings is 2. The lowest BCUT2D eigenvalue weighted by Crippen LogP contribution is -1.92. The Labute approximate surface area is 129 Å². The first-order valence-corrected chi connectivity index (χ1v) is 7.20. The van der Waals surface area contributed by atoms with Gasteiger partial charge in [-0.2, -0.15) is 0 Å². The van der Waals surface area contributed by atoms with Crippen LogP contribution in [0.4, 0.5) is 0 Å². The standard InChI is InChI=1S/C19H17NO2/c1-15-18(13-8-14-21-17-11-6-3-7-12-17)20-19(22-15)16-9-4-2-5-10-16/h2-13H,14H2,1H3/b13-8+. The minimum absolute atomic E-state index is 0.497. The molecule has 0 aliphatic heterocycles. The Bertz CT molecular complexity index is 746. The van der Waals surface area contributed by atoms with Crippen molar-refractivity contribution >= 4 is 6.08 Å². The predicted molar refractivity (Wildman–Crippen MR) is 87.6 cm³/mol. The third kappa shape index (κ3) is 3.44. The number of rotatable bonds is 5. The molecule has 0 saturated carbocycles. The summed E-state index contributed by atoms with van der Waals surface area (Å²) in [5.74, 6) is 2.30. The Morgan fingerprint density at radius 3 is 2.41 bits per heavy atom. The second kappa shape index (κ2) is 6.76. The molecule has 0 radical (unpaired) electrons. The van der Waals surface area contributed by atoms with E-state index >= 15 is 0 Å². The Balaban J connectivity index is 1.65. The van der Waals surface area contributed by atoms with E-state index < -0.39 is 0 Å². The molecule has 0 atom stereocenters. The molecule has 3 rings (SSSR count). The molecule has 0 saturated heterocycles. The summed E-state index contributed by atoms with van der Waals surface area (Å²) in [7, 11) is 0. The van der Waals surface area contributed by atoms with Gasteiger partial charge in [0, 0.05) is 5.56 Å². The Hall–Kier alpha value is -2.81. The molecule has 0 spiro atoms. The summed E-state index contributed by atoms with van der Waals surface area (Å²) in [6.07, 6.45) is 3.86. The first-order chi connectivity index (χ1) is 10.8. The second-order valence-electron chi connectivity index (χ2n) is 4.85. The molecule has 2 aromatic carbocycles. The number of oxazole rings is 1. The highest BCUT2D eigenvalue weighted by molar-refractivity contribution is 5.57. The summed E-state index contributed by atoms with van der Waals surface area (Å²) in [4.78, 5) is 4.52. The molecule has 3 heteroatoms. The van der Waals surface area contributed by atoms with Gasteiger partial charge in [-0.25, -0.2) is 4.98 Å². The number of ether oxygens (including phenoxy) is 1. The maximum Gasteiger partial charge on any atom is 0.226 e. The van der Waals surface area contributed by atoms with Gasteiger partial charge >= 0.3 is 0 Å². The van der Waals surface area contributed by atoms with Crippen LogP contribution >= 0.6 is 0 Å². The van der Waals surface area contributed by atoms with Crippen molar-refractivity contribution in [1.29, 1.82) is 0 Å². The van der Waals surface area contributed by atoms with Crippen molar-refractivity contribution in [2.45, 2.75) is 6.92 Å². The van der Waals surface area contributed by atoms with Crippen LogP contribution in [0.2, 0.25) is 0 Å². The van der Waals surface area contributed by atoms with Crippen LogP contribution in [-0.2, 0) is 0 Å². The zero-order valence-corrected chi connectivity index (χ0v) is 12.4. The second-order valence-corrected chi connectivity index (χ2v) is 4.85. The number of hydrogen-bond donors (Lipinski definition) is 0. The number of aromatic nitrogens is 1. The highest BCUT2D eigenvalue weighted by Crippen LogP contribution is 2.22. The molecule has 0 fully saturated rings. The molecule has 0 aliphatic rings. The van der Waals surface area contributed by atoms with Gasteiger partial charge in [-0.3, -0.25) is 0 Å². The van der Waals surface area contributed by atoms with Crippen LogP contribution in [-0.4, -0.2) is 11.6 Å². The lowest BCUT2D eigenvalue weighted by Gasteiger charge is -2.00. The van der Waals surface area contributed by atoms with Gasteiger partial charge in [0.2, 0.25) is 5.89 Å². The summed E-state index contributed by atoms with van der Waals surface area (Å²) in [6.45, 7) is 2.41. The maximum atomic E-state index is 5.71. The van der Waals surface area contributed by atoms with E-state index in [1.54, 1.807) is 0 Å². The van der Waals surface area contributed by atoms with Crippen molar-refractivity contribution in [3.05, 3.63) is 78.2 Å². The molecular weight excluding hydrogens is 274 g/mol. The van der Waals surface area contributed by atoms with Gasteiger partial charge in [-0.05, 0) is 43.3 Å². The zero-order chi connectivity index (χ0) is 15.2. The molecule has 1 heterocycles. The van der Waals surface area contributed by atoms with Gasteiger partial charge in [-0.15, -0.1) is 0 Å². The van der Waals surface area contributed by atoms with Gasteiger partial charge in [0.25, 0.3) is 0 Å². The van der Waals surface area contributed by atoms with E-state index in [0.717, 1.165) is 22.8 Å². The lowest BCUT2D eigenvalue weighted by molar-refractivity contribution is 0.363. The first-order valence-electron chi connectivity index (χ1n) is 7.20. The molecule has 3 aromatic rings.